The van der Waals surface area contributed by atoms with E-state index in [4.69, 9.17) is 4.74 Å². The third-order valence-electron chi connectivity index (χ3n) is 4.48. The molecule has 2 heterocycles. The normalized spacial score (nSPS) is 27.4. The third kappa shape index (κ3) is 3.46. The highest BCUT2D eigenvalue weighted by Gasteiger charge is 2.43. The van der Waals surface area contributed by atoms with Gasteiger partial charge in [-0.2, -0.15) is 17.0 Å². The van der Waals surface area contributed by atoms with Crippen molar-refractivity contribution in [2.75, 3.05) is 38.2 Å². The molecule has 0 aliphatic carbocycles. The van der Waals surface area contributed by atoms with Gasteiger partial charge in [0.05, 0.1) is 13.2 Å². The maximum Gasteiger partial charge on any atom is 0.282 e. The molecule has 2 aliphatic heterocycles. The summed E-state index contributed by atoms with van der Waals surface area (Å²) in [6.07, 6.45) is 0.621. The van der Waals surface area contributed by atoms with Crippen LogP contribution in [-0.4, -0.2) is 61.2 Å². The highest BCUT2D eigenvalue weighted by molar-refractivity contribution is 9.09. The monoisotopic (exact) mass is 406 g/mol. The first-order chi connectivity index (χ1) is 11.0. The van der Waals surface area contributed by atoms with Crippen LogP contribution in [0, 0.1) is 5.82 Å². The fourth-order valence-corrected chi connectivity index (χ4v) is 5.88. The van der Waals surface area contributed by atoms with Gasteiger partial charge < -0.3 is 4.74 Å². The number of ether oxygens (including phenoxy) is 1. The fourth-order valence-electron chi connectivity index (χ4n) is 3.27. The van der Waals surface area contributed by atoms with Crippen molar-refractivity contribution in [1.82, 2.24) is 8.61 Å². The molecule has 0 radical (unpaired) electrons. The van der Waals surface area contributed by atoms with Crippen molar-refractivity contribution in [3.8, 4) is 0 Å². The molecular weight excluding hydrogens is 387 g/mol. The Labute approximate surface area is 144 Å². The zero-order valence-corrected chi connectivity index (χ0v) is 15.1. The second kappa shape index (κ2) is 7.14. The van der Waals surface area contributed by atoms with Crippen LogP contribution in [0.1, 0.15) is 17.9 Å². The number of morpholine rings is 1. The van der Waals surface area contributed by atoms with Crippen LogP contribution < -0.4 is 0 Å². The van der Waals surface area contributed by atoms with Gasteiger partial charge in [0.15, 0.2) is 0 Å². The molecule has 2 unspecified atom stereocenters. The van der Waals surface area contributed by atoms with Gasteiger partial charge in [-0.3, -0.25) is 0 Å². The minimum atomic E-state index is -3.54. The van der Waals surface area contributed by atoms with E-state index in [1.54, 1.807) is 18.2 Å². The molecule has 1 aromatic carbocycles. The first kappa shape index (κ1) is 17.3. The number of alkyl halides is 1. The number of hydrogen-bond acceptors (Lipinski definition) is 3. The topological polar surface area (TPSA) is 49.9 Å². The number of rotatable bonds is 4. The molecule has 0 amide bonds. The minimum absolute atomic E-state index is 0.116. The molecule has 1 aromatic rings. The lowest BCUT2D eigenvalue weighted by Gasteiger charge is -2.32. The van der Waals surface area contributed by atoms with Crippen molar-refractivity contribution in [2.45, 2.75) is 18.4 Å². The molecule has 0 spiro atoms. The maximum absolute atomic E-state index is 14.0. The van der Waals surface area contributed by atoms with Crippen LogP contribution in [0.4, 0.5) is 4.39 Å². The Morgan fingerprint density at radius 3 is 2.61 bits per heavy atom. The lowest BCUT2D eigenvalue weighted by atomic mass is 9.96. The van der Waals surface area contributed by atoms with Gasteiger partial charge in [0.25, 0.3) is 10.2 Å². The van der Waals surface area contributed by atoms with Crippen LogP contribution in [0.5, 0.6) is 0 Å². The van der Waals surface area contributed by atoms with E-state index in [0.29, 0.717) is 50.2 Å². The number of nitrogens with zero attached hydrogens (tertiary/aromatic N) is 2. The predicted octanol–water partition coefficient (Wildman–Crippen LogP) is 1.96. The zero-order chi connectivity index (χ0) is 16.4. The number of halogens is 2. The van der Waals surface area contributed by atoms with E-state index in [1.165, 1.54) is 14.7 Å². The molecule has 23 heavy (non-hydrogen) atoms. The quantitative estimate of drug-likeness (QED) is 0.718. The number of hydrogen-bond donors (Lipinski definition) is 0. The average molecular weight is 407 g/mol. The third-order valence-corrected chi connectivity index (χ3v) is 7.29. The van der Waals surface area contributed by atoms with Gasteiger partial charge in [0, 0.05) is 36.9 Å². The molecule has 2 fully saturated rings. The number of benzene rings is 1. The second-order valence-corrected chi connectivity index (χ2v) is 8.38. The van der Waals surface area contributed by atoms with Gasteiger partial charge in [-0.1, -0.05) is 34.1 Å². The molecule has 5 nitrogen and oxygen atoms in total. The predicted molar refractivity (Wildman–Crippen MR) is 89.4 cm³/mol. The minimum Gasteiger partial charge on any atom is -0.379 e. The van der Waals surface area contributed by atoms with Crippen molar-refractivity contribution in [3.05, 3.63) is 35.6 Å². The first-order valence-electron chi connectivity index (χ1n) is 7.69. The molecule has 0 bridgehead atoms. The maximum atomic E-state index is 14.0. The van der Waals surface area contributed by atoms with Gasteiger partial charge in [0.1, 0.15) is 5.82 Å². The summed E-state index contributed by atoms with van der Waals surface area (Å²) in [6.45, 7) is 1.90. The van der Waals surface area contributed by atoms with Gasteiger partial charge >= 0.3 is 0 Å². The molecule has 8 heteroatoms. The van der Waals surface area contributed by atoms with Gasteiger partial charge in [0.2, 0.25) is 0 Å². The van der Waals surface area contributed by atoms with Crippen LogP contribution in [-0.2, 0) is 14.9 Å². The Kier molecular flexibility index (Phi) is 5.37. The standard InChI is InChI=1S/C15H20BrFN2O3S/c16-10-13-9-12(14-3-1-2-4-15(14)17)11-19(13)23(20,21)18-5-7-22-8-6-18/h1-4,12-13H,5-11H2. The van der Waals surface area contributed by atoms with E-state index in [1.807, 2.05) is 0 Å². The van der Waals surface area contributed by atoms with Gasteiger partial charge in [-0.15, -0.1) is 0 Å². The van der Waals surface area contributed by atoms with E-state index >= 15 is 0 Å². The summed E-state index contributed by atoms with van der Waals surface area (Å²) in [7, 11) is -3.54. The van der Waals surface area contributed by atoms with Crippen molar-refractivity contribution in [3.63, 3.8) is 0 Å². The lowest BCUT2D eigenvalue weighted by Crippen LogP contribution is -2.50. The Morgan fingerprint density at radius 2 is 1.96 bits per heavy atom. The van der Waals surface area contributed by atoms with Crippen molar-refractivity contribution in [2.24, 2.45) is 0 Å². The first-order valence-corrected chi connectivity index (χ1v) is 10.2. The van der Waals surface area contributed by atoms with E-state index in [0.717, 1.165) is 0 Å². The molecule has 2 atom stereocenters. The molecule has 0 N–H and O–H groups in total. The molecule has 128 valence electrons. The summed E-state index contributed by atoms with van der Waals surface area (Å²) in [5.74, 6) is -0.383. The molecule has 0 saturated carbocycles. The summed E-state index contributed by atoms with van der Waals surface area (Å²) in [6, 6.07) is 6.46. The van der Waals surface area contributed by atoms with Crippen molar-refractivity contribution in [1.29, 1.82) is 0 Å². The van der Waals surface area contributed by atoms with Crippen molar-refractivity contribution < 1.29 is 17.5 Å². The SMILES string of the molecule is O=S(=O)(N1CCOCC1)N1CC(c2ccccc2F)CC1CBr. The van der Waals surface area contributed by atoms with Crippen LogP contribution >= 0.6 is 15.9 Å². The summed E-state index contributed by atoms with van der Waals surface area (Å²) in [4.78, 5) is 0. The van der Waals surface area contributed by atoms with Crippen LogP contribution in [0.15, 0.2) is 24.3 Å². The Hall–Kier alpha value is -0.540. The molecule has 0 aromatic heterocycles. The lowest BCUT2D eigenvalue weighted by molar-refractivity contribution is 0.0700. The van der Waals surface area contributed by atoms with Crippen LogP contribution in [0.3, 0.4) is 0 Å². The van der Waals surface area contributed by atoms with E-state index in [2.05, 4.69) is 15.9 Å². The summed E-state index contributed by atoms with van der Waals surface area (Å²) in [5.41, 5.74) is 0.595. The summed E-state index contributed by atoms with van der Waals surface area (Å²) in [5, 5.41) is 0.543. The summed E-state index contributed by atoms with van der Waals surface area (Å²) < 4.78 is 48.1. The summed E-state index contributed by atoms with van der Waals surface area (Å²) >= 11 is 3.41. The molecule has 2 aliphatic rings. The van der Waals surface area contributed by atoms with E-state index in [9.17, 15) is 12.8 Å². The smallest absolute Gasteiger partial charge is 0.282 e. The highest BCUT2D eigenvalue weighted by atomic mass is 79.9. The van der Waals surface area contributed by atoms with Crippen molar-refractivity contribution >= 4 is 26.1 Å². The largest absolute Gasteiger partial charge is 0.379 e. The molecule has 2 saturated heterocycles. The molecular formula is C15H20BrFN2O3S. The fraction of sp³-hybridized carbons (Fsp3) is 0.600. The average Bonchev–Trinajstić information content (AvgIpc) is 3.01. The van der Waals surface area contributed by atoms with Gasteiger partial charge in [-0.05, 0) is 18.1 Å². The van der Waals surface area contributed by atoms with E-state index in [-0.39, 0.29) is 17.8 Å². The Bertz CT molecular complexity index is 652. The Morgan fingerprint density at radius 1 is 1.26 bits per heavy atom. The van der Waals surface area contributed by atoms with Crippen LogP contribution in [0.2, 0.25) is 0 Å². The zero-order valence-electron chi connectivity index (χ0n) is 12.7. The van der Waals surface area contributed by atoms with Crippen LogP contribution in [0.25, 0.3) is 0 Å². The Balaban J connectivity index is 1.83. The highest BCUT2D eigenvalue weighted by Crippen LogP contribution is 2.36. The van der Waals surface area contributed by atoms with E-state index < -0.39 is 10.2 Å². The molecule has 3 rings (SSSR count). The second-order valence-electron chi connectivity index (χ2n) is 5.85. The van der Waals surface area contributed by atoms with Gasteiger partial charge in [-0.25, -0.2) is 4.39 Å².